The minimum Gasteiger partial charge on any atom is -0.372 e. The third kappa shape index (κ3) is 2.90. The topological polar surface area (TPSA) is 3.24 Å². The summed E-state index contributed by atoms with van der Waals surface area (Å²) >= 11 is 0. The summed E-state index contributed by atoms with van der Waals surface area (Å²) < 4.78 is 0. The normalized spacial score (nSPS) is 17.4. The van der Waals surface area contributed by atoms with E-state index in [4.69, 9.17) is 0 Å². The predicted octanol–water partition coefficient (Wildman–Crippen LogP) is 3.73. The molecule has 0 bridgehead atoms. The largest absolute Gasteiger partial charge is 0.372 e. The highest BCUT2D eigenvalue weighted by atomic mass is 15.1. The van der Waals surface area contributed by atoms with E-state index in [0.29, 0.717) is 0 Å². The fourth-order valence-electron chi connectivity index (χ4n) is 2.14. The standard InChI is InChI=1S/C13H23N/c1-4-6-7-10-14-11-8-9-12(3)13(14)5-2/h5H,2,4,6-11H2,1,3H3. The summed E-state index contributed by atoms with van der Waals surface area (Å²) in [6.07, 6.45) is 8.57. The summed E-state index contributed by atoms with van der Waals surface area (Å²) in [4.78, 5) is 2.50. The molecule has 1 aliphatic heterocycles. The maximum atomic E-state index is 3.91. The van der Waals surface area contributed by atoms with Crippen LogP contribution in [0, 0.1) is 0 Å². The number of hydrogen-bond acceptors (Lipinski definition) is 1. The molecule has 0 aromatic heterocycles. The molecule has 0 fully saturated rings. The lowest BCUT2D eigenvalue weighted by Crippen LogP contribution is -2.28. The van der Waals surface area contributed by atoms with Gasteiger partial charge in [0.05, 0.1) is 0 Å². The van der Waals surface area contributed by atoms with E-state index in [1.807, 2.05) is 6.08 Å². The van der Waals surface area contributed by atoms with Crippen molar-refractivity contribution in [3.8, 4) is 0 Å². The van der Waals surface area contributed by atoms with Crippen molar-refractivity contribution in [1.82, 2.24) is 4.90 Å². The van der Waals surface area contributed by atoms with Crippen LogP contribution in [-0.2, 0) is 0 Å². The Morgan fingerprint density at radius 2 is 2.21 bits per heavy atom. The highest BCUT2D eigenvalue weighted by Crippen LogP contribution is 2.22. The van der Waals surface area contributed by atoms with Crippen LogP contribution in [0.2, 0.25) is 0 Å². The van der Waals surface area contributed by atoms with Gasteiger partial charge in [-0.25, -0.2) is 0 Å². The van der Waals surface area contributed by atoms with Crippen molar-refractivity contribution >= 4 is 0 Å². The third-order valence-electron chi connectivity index (χ3n) is 2.98. The lowest BCUT2D eigenvalue weighted by molar-refractivity contribution is 0.318. The van der Waals surface area contributed by atoms with E-state index in [0.717, 1.165) is 0 Å². The maximum Gasteiger partial charge on any atom is 0.0349 e. The first-order chi connectivity index (χ1) is 6.79. The average Bonchev–Trinajstić information content (AvgIpc) is 2.18. The fourth-order valence-corrected chi connectivity index (χ4v) is 2.14. The molecule has 14 heavy (non-hydrogen) atoms. The lowest BCUT2D eigenvalue weighted by atomic mass is 10.0. The summed E-state index contributed by atoms with van der Waals surface area (Å²) in [5.41, 5.74) is 2.91. The monoisotopic (exact) mass is 193 g/mol. The molecule has 1 heterocycles. The van der Waals surface area contributed by atoms with E-state index in [1.165, 1.54) is 56.5 Å². The van der Waals surface area contributed by atoms with E-state index in [2.05, 4.69) is 25.3 Å². The molecule has 80 valence electrons. The molecule has 1 heteroatoms. The van der Waals surface area contributed by atoms with Crippen LogP contribution >= 0.6 is 0 Å². The molecule has 0 spiro atoms. The van der Waals surface area contributed by atoms with E-state index in [-0.39, 0.29) is 0 Å². The number of hydrogen-bond donors (Lipinski definition) is 0. The average molecular weight is 193 g/mol. The van der Waals surface area contributed by atoms with Crippen molar-refractivity contribution < 1.29 is 0 Å². The molecule has 0 radical (unpaired) electrons. The minimum absolute atomic E-state index is 1.21. The second-order valence-corrected chi connectivity index (χ2v) is 4.17. The smallest absolute Gasteiger partial charge is 0.0349 e. The molecule has 1 nitrogen and oxygen atoms in total. The third-order valence-corrected chi connectivity index (χ3v) is 2.98. The summed E-state index contributed by atoms with van der Waals surface area (Å²) in [6.45, 7) is 10.8. The van der Waals surface area contributed by atoms with Crippen molar-refractivity contribution in [2.24, 2.45) is 0 Å². The van der Waals surface area contributed by atoms with E-state index in [9.17, 15) is 0 Å². The van der Waals surface area contributed by atoms with Gasteiger partial charge in [-0.2, -0.15) is 0 Å². The maximum absolute atomic E-state index is 3.91. The molecule has 0 N–H and O–H groups in total. The van der Waals surface area contributed by atoms with Crippen LogP contribution in [0.1, 0.15) is 46.0 Å². The van der Waals surface area contributed by atoms with Gasteiger partial charge in [0.15, 0.2) is 0 Å². The summed E-state index contributed by atoms with van der Waals surface area (Å²) in [6, 6.07) is 0. The fraction of sp³-hybridized carbons (Fsp3) is 0.692. The second-order valence-electron chi connectivity index (χ2n) is 4.17. The van der Waals surface area contributed by atoms with Gasteiger partial charge < -0.3 is 4.90 Å². The first-order valence-corrected chi connectivity index (χ1v) is 5.86. The molecular weight excluding hydrogens is 170 g/mol. The van der Waals surface area contributed by atoms with Gasteiger partial charge in [0.2, 0.25) is 0 Å². The molecule has 0 aliphatic carbocycles. The van der Waals surface area contributed by atoms with Gasteiger partial charge >= 0.3 is 0 Å². The van der Waals surface area contributed by atoms with Gasteiger partial charge in [0.25, 0.3) is 0 Å². The van der Waals surface area contributed by atoms with Gasteiger partial charge in [-0.05, 0) is 37.8 Å². The van der Waals surface area contributed by atoms with Crippen LogP contribution in [0.25, 0.3) is 0 Å². The van der Waals surface area contributed by atoms with Crippen LogP contribution in [-0.4, -0.2) is 18.0 Å². The van der Waals surface area contributed by atoms with Crippen LogP contribution in [0.5, 0.6) is 0 Å². The van der Waals surface area contributed by atoms with Crippen LogP contribution in [0.4, 0.5) is 0 Å². The molecule has 0 amide bonds. The van der Waals surface area contributed by atoms with Gasteiger partial charge in [0, 0.05) is 18.8 Å². The quantitative estimate of drug-likeness (QED) is 0.601. The highest BCUT2D eigenvalue weighted by molar-refractivity contribution is 5.23. The van der Waals surface area contributed by atoms with Crippen LogP contribution in [0.3, 0.4) is 0 Å². The Morgan fingerprint density at radius 3 is 2.86 bits per heavy atom. The molecule has 0 aromatic carbocycles. The highest BCUT2D eigenvalue weighted by Gasteiger charge is 2.13. The van der Waals surface area contributed by atoms with Crippen molar-refractivity contribution in [2.75, 3.05) is 13.1 Å². The predicted molar refractivity (Wildman–Crippen MR) is 63.2 cm³/mol. The minimum atomic E-state index is 1.21. The number of nitrogens with zero attached hydrogens (tertiary/aromatic N) is 1. The van der Waals surface area contributed by atoms with Gasteiger partial charge in [-0.3, -0.25) is 0 Å². The molecule has 1 aliphatic rings. The van der Waals surface area contributed by atoms with E-state index in [1.54, 1.807) is 0 Å². The molecule has 0 unspecified atom stereocenters. The first kappa shape index (κ1) is 11.4. The SMILES string of the molecule is C=CC1=C(C)CCCN1CCCCC. The van der Waals surface area contributed by atoms with E-state index >= 15 is 0 Å². The molecular formula is C13H23N. The molecule has 0 saturated heterocycles. The van der Waals surface area contributed by atoms with Crippen LogP contribution in [0.15, 0.2) is 23.9 Å². The Hall–Kier alpha value is -0.720. The van der Waals surface area contributed by atoms with Crippen LogP contribution < -0.4 is 0 Å². The summed E-state index contributed by atoms with van der Waals surface area (Å²) in [7, 11) is 0. The van der Waals surface area contributed by atoms with Crippen molar-refractivity contribution in [3.05, 3.63) is 23.9 Å². The Bertz CT molecular complexity index is 215. The zero-order valence-corrected chi connectivity index (χ0v) is 9.68. The first-order valence-electron chi connectivity index (χ1n) is 5.86. The van der Waals surface area contributed by atoms with E-state index < -0.39 is 0 Å². The molecule has 0 saturated carbocycles. The summed E-state index contributed by atoms with van der Waals surface area (Å²) in [5.74, 6) is 0. The number of rotatable bonds is 5. The lowest BCUT2D eigenvalue weighted by Gasteiger charge is -2.31. The summed E-state index contributed by atoms with van der Waals surface area (Å²) in [5, 5.41) is 0. The van der Waals surface area contributed by atoms with Gasteiger partial charge in [0.1, 0.15) is 0 Å². The zero-order chi connectivity index (χ0) is 10.4. The molecule has 1 rings (SSSR count). The van der Waals surface area contributed by atoms with Gasteiger partial charge in [-0.15, -0.1) is 0 Å². The second kappa shape index (κ2) is 5.90. The Kier molecular flexibility index (Phi) is 4.78. The van der Waals surface area contributed by atoms with Crippen molar-refractivity contribution in [1.29, 1.82) is 0 Å². The van der Waals surface area contributed by atoms with Crippen molar-refractivity contribution in [2.45, 2.75) is 46.0 Å². The van der Waals surface area contributed by atoms with Gasteiger partial charge in [-0.1, -0.05) is 26.3 Å². The van der Waals surface area contributed by atoms with Crippen molar-refractivity contribution in [3.63, 3.8) is 0 Å². The Balaban J connectivity index is 2.50. The number of unbranched alkanes of at least 4 members (excludes halogenated alkanes) is 2. The Morgan fingerprint density at radius 1 is 1.43 bits per heavy atom. The molecule has 0 atom stereocenters. The molecule has 0 aromatic rings. The zero-order valence-electron chi connectivity index (χ0n) is 9.68. The Labute approximate surface area is 88.5 Å². The number of allylic oxidation sites excluding steroid dienone is 2.